The number of rotatable bonds is 9. The van der Waals surface area contributed by atoms with E-state index < -0.39 is 0 Å². The van der Waals surface area contributed by atoms with Gasteiger partial charge in [0.2, 0.25) is 11.8 Å². The fourth-order valence-corrected chi connectivity index (χ4v) is 3.37. The Bertz CT molecular complexity index is 979. The number of anilines is 1. The Morgan fingerprint density at radius 1 is 1.20 bits per heavy atom. The minimum atomic E-state index is -0.165. The maximum absolute atomic E-state index is 12.4. The highest BCUT2D eigenvalue weighted by molar-refractivity contribution is 5.94. The molecular formula is C23H33N5O2. The van der Waals surface area contributed by atoms with E-state index in [0.29, 0.717) is 24.6 Å². The van der Waals surface area contributed by atoms with Gasteiger partial charge in [-0.15, -0.1) is 0 Å². The first-order valence-electron chi connectivity index (χ1n) is 10.7. The van der Waals surface area contributed by atoms with Gasteiger partial charge in [-0.1, -0.05) is 39.8 Å². The lowest BCUT2D eigenvalue weighted by molar-refractivity contribution is -0.116. The Balaban J connectivity index is 1.56. The fraction of sp³-hybridized carbons (Fsp3) is 0.522. The van der Waals surface area contributed by atoms with Crippen LogP contribution in [0, 0.1) is 0 Å². The van der Waals surface area contributed by atoms with Crippen LogP contribution in [0.2, 0.25) is 0 Å². The number of amides is 1. The molecule has 162 valence electrons. The molecule has 0 saturated carbocycles. The van der Waals surface area contributed by atoms with Crippen molar-refractivity contribution < 1.29 is 9.32 Å². The van der Waals surface area contributed by atoms with E-state index in [2.05, 4.69) is 57.1 Å². The van der Waals surface area contributed by atoms with Gasteiger partial charge in [-0.25, -0.2) is 0 Å². The summed E-state index contributed by atoms with van der Waals surface area (Å²) in [5.41, 5.74) is 1.82. The van der Waals surface area contributed by atoms with Crippen LogP contribution in [0.25, 0.3) is 10.9 Å². The summed E-state index contributed by atoms with van der Waals surface area (Å²) < 4.78 is 7.53. The number of fused-ring (bicyclic) bond motifs is 1. The topological polar surface area (TPSA) is 76.2 Å². The van der Waals surface area contributed by atoms with E-state index in [1.54, 1.807) is 0 Å². The van der Waals surface area contributed by atoms with E-state index in [1.165, 1.54) is 5.52 Å². The maximum Gasteiger partial charge on any atom is 0.227 e. The molecule has 0 fully saturated rings. The largest absolute Gasteiger partial charge is 0.346 e. The average Bonchev–Trinajstić information content (AvgIpc) is 3.34. The summed E-state index contributed by atoms with van der Waals surface area (Å²) in [6.45, 7) is 14.6. The van der Waals surface area contributed by atoms with Crippen molar-refractivity contribution in [1.29, 1.82) is 0 Å². The monoisotopic (exact) mass is 411 g/mol. The maximum atomic E-state index is 12.4. The molecule has 7 heteroatoms. The molecule has 2 aromatic heterocycles. The number of benzene rings is 1. The van der Waals surface area contributed by atoms with Crippen LogP contribution in [-0.2, 0) is 23.2 Å². The van der Waals surface area contributed by atoms with Crippen LogP contribution in [0.3, 0.4) is 0 Å². The van der Waals surface area contributed by atoms with E-state index in [-0.39, 0.29) is 11.3 Å². The minimum absolute atomic E-state index is 0.0641. The predicted molar refractivity (Wildman–Crippen MR) is 120 cm³/mol. The molecule has 0 aliphatic heterocycles. The van der Waals surface area contributed by atoms with Gasteiger partial charge in [0.15, 0.2) is 5.82 Å². The van der Waals surface area contributed by atoms with Crippen molar-refractivity contribution in [2.75, 3.05) is 25.0 Å². The number of nitrogens with one attached hydrogen (secondary N) is 1. The standard InChI is InChI=1S/C23H33N5O2/c1-6-27(7-2)14-15-28-13-12-17-16-18(8-9-19(17)28)24-20(29)10-11-21-25-22(26-30-21)23(3,4)5/h8-9,12-13,16H,6-7,10-11,14-15H2,1-5H3,(H,24,29). The van der Waals surface area contributed by atoms with Crippen molar-refractivity contribution in [1.82, 2.24) is 19.6 Å². The molecule has 3 rings (SSSR count). The van der Waals surface area contributed by atoms with Gasteiger partial charge in [-0.2, -0.15) is 4.98 Å². The Labute approximate surface area is 178 Å². The van der Waals surface area contributed by atoms with Crippen LogP contribution in [0.15, 0.2) is 35.0 Å². The Morgan fingerprint density at radius 2 is 1.97 bits per heavy atom. The first-order chi connectivity index (χ1) is 14.3. The molecule has 30 heavy (non-hydrogen) atoms. The summed E-state index contributed by atoms with van der Waals surface area (Å²) >= 11 is 0. The summed E-state index contributed by atoms with van der Waals surface area (Å²) in [5, 5.41) is 8.10. The van der Waals surface area contributed by atoms with E-state index in [0.717, 1.165) is 37.3 Å². The molecule has 0 atom stereocenters. The predicted octanol–water partition coefficient (Wildman–Crippen LogP) is 4.23. The molecule has 0 radical (unpaired) electrons. The number of aromatic nitrogens is 3. The van der Waals surface area contributed by atoms with Crippen molar-refractivity contribution in [2.45, 2.75) is 59.4 Å². The molecular weight excluding hydrogens is 378 g/mol. The van der Waals surface area contributed by atoms with Gasteiger partial charge in [-0.05, 0) is 37.4 Å². The van der Waals surface area contributed by atoms with Gasteiger partial charge < -0.3 is 19.3 Å². The van der Waals surface area contributed by atoms with Crippen molar-refractivity contribution >= 4 is 22.5 Å². The Hall–Kier alpha value is -2.67. The van der Waals surface area contributed by atoms with Crippen LogP contribution >= 0.6 is 0 Å². The first kappa shape index (κ1) is 22.0. The zero-order valence-electron chi connectivity index (χ0n) is 18.7. The number of hydrogen-bond donors (Lipinski definition) is 1. The third-order valence-corrected chi connectivity index (χ3v) is 5.31. The van der Waals surface area contributed by atoms with E-state index in [4.69, 9.17) is 4.52 Å². The molecule has 0 unspecified atom stereocenters. The number of carbonyl (C=O) groups is 1. The summed E-state index contributed by atoms with van der Waals surface area (Å²) in [7, 11) is 0. The smallest absolute Gasteiger partial charge is 0.227 e. The van der Waals surface area contributed by atoms with E-state index in [1.807, 2.05) is 32.9 Å². The zero-order chi connectivity index (χ0) is 21.7. The second-order valence-corrected chi connectivity index (χ2v) is 8.62. The first-order valence-corrected chi connectivity index (χ1v) is 10.7. The Morgan fingerprint density at radius 3 is 2.63 bits per heavy atom. The second kappa shape index (κ2) is 9.43. The number of aryl methyl sites for hydroxylation is 1. The Kier molecular flexibility index (Phi) is 6.92. The van der Waals surface area contributed by atoms with Crippen LogP contribution < -0.4 is 5.32 Å². The molecule has 2 heterocycles. The van der Waals surface area contributed by atoms with Gasteiger partial charge in [0, 0.05) is 54.1 Å². The SMILES string of the molecule is CCN(CC)CCn1ccc2cc(NC(=O)CCc3nc(C(C)(C)C)no3)ccc21. The zero-order valence-corrected chi connectivity index (χ0v) is 18.7. The van der Waals surface area contributed by atoms with E-state index in [9.17, 15) is 4.79 Å². The van der Waals surface area contributed by atoms with Crippen LogP contribution in [0.5, 0.6) is 0 Å². The van der Waals surface area contributed by atoms with Gasteiger partial charge in [0.05, 0.1) is 0 Å². The highest BCUT2D eigenvalue weighted by atomic mass is 16.5. The van der Waals surface area contributed by atoms with Gasteiger partial charge in [-0.3, -0.25) is 4.79 Å². The quantitative estimate of drug-likeness (QED) is 0.570. The third-order valence-electron chi connectivity index (χ3n) is 5.31. The van der Waals surface area contributed by atoms with Gasteiger partial charge in [0.1, 0.15) is 0 Å². The lowest BCUT2D eigenvalue weighted by Gasteiger charge is -2.18. The summed E-state index contributed by atoms with van der Waals surface area (Å²) in [6.07, 6.45) is 2.84. The molecule has 1 amide bonds. The molecule has 0 bridgehead atoms. The molecule has 0 aliphatic carbocycles. The normalized spacial score (nSPS) is 12.1. The summed E-state index contributed by atoms with van der Waals surface area (Å²) in [5.74, 6) is 1.09. The number of hydrogen-bond acceptors (Lipinski definition) is 5. The van der Waals surface area contributed by atoms with Gasteiger partial charge >= 0.3 is 0 Å². The van der Waals surface area contributed by atoms with Crippen molar-refractivity contribution in [3.05, 3.63) is 42.2 Å². The van der Waals surface area contributed by atoms with Crippen LogP contribution in [0.4, 0.5) is 5.69 Å². The molecule has 1 aromatic carbocycles. The molecule has 7 nitrogen and oxygen atoms in total. The average molecular weight is 412 g/mol. The van der Waals surface area contributed by atoms with Crippen LogP contribution in [-0.4, -0.2) is 45.1 Å². The van der Waals surface area contributed by atoms with Crippen LogP contribution in [0.1, 0.15) is 52.8 Å². The van der Waals surface area contributed by atoms with Gasteiger partial charge in [0.25, 0.3) is 0 Å². The molecule has 0 aliphatic rings. The van der Waals surface area contributed by atoms with Crippen molar-refractivity contribution in [3.8, 4) is 0 Å². The van der Waals surface area contributed by atoms with Crippen molar-refractivity contribution in [3.63, 3.8) is 0 Å². The fourth-order valence-electron chi connectivity index (χ4n) is 3.37. The molecule has 1 N–H and O–H groups in total. The molecule has 3 aromatic rings. The second-order valence-electron chi connectivity index (χ2n) is 8.62. The summed E-state index contributed by atoms with van der Waals surface area (Å²) in [4.78, 5) is 19.2. The third kappa shape index (κ3) is 5.48. The lowest BCUT2D eigenvalue weighted by atomic mass is 9.96. The number of likely N-dealkylation sites (N-methyl/N-ethyl adjacent to an activating group) is 1. The highest BCUT2D eigenvalue weighted by Gasteiger charge is 2.21. The number of nitrogens with zero attached hydrogens (tertiary/aromatic N) is 4. The minimum Gasteiger partial charge on any atom is -0.346 e. The highest BCUT2D eigenvalue weighted by Crippen LogP contribution is 2.21. The van der Waals surface area contributed by atoms with E-state index >= 15 is 0 Å². The summed E-state index contributed by atoms with van der Waals surface area (Å²) in [6, 6.07) is 8.14. The molecule has 0 spiro atoms. The number of carbonyl (C=O) groups excluding carboxylic acids is 1. The molecule has 0 saturated heterocycles. The lowest BCUT2D eigenvalue weighted by Crippen LogP contribution is -2.26. The van der Waals surface area contributed by atoms with Crippen molar-refractivity contribution in [2.24, 2.45) is 0 Å².